The highest BCUT2D eigenvalue weighted by Gasteiger charge is 2.04. The van der Waals surface area contributed by atoms with Gasteiger partial charge in [0.05, 0.1) is 19.2 Å². The number of ether oxygens (including phenoxy) is 2. The van der Waals surface area contributed by atoms with E-state index in [1.165, 1.54) is 7.11 Å². The molecule has 0 bridgehead atoms. The molecule has 6 heteroatoms. The second-order valence-electron chi connectivity index (χ2n) is 4.55. The quantitative estimate of drug-likeness (QED) is 0.864. The van der Waals surface area contributed by atoms with Crippen LogP contribution in [0.3, 0.4) is 0 Å². The minimum atomic E-state index is -0.365. The van der Waals surface area contributed by atoms with Gasteiger partial charge < -0.3 is 20.1 Å². The van der Waals surface area contributed by atoms with Gasteiger partial charge in [0.2, 0.25) is 0 Å². The molecular formula is C17H17ClN2O3. The van der Waals surface area contributed by atoms with Crippen molar-refractivity contribution in [2.24, 2.45) is 0 Å². The van der Waals surface area contributed by atoms with Crippen LogP contribution in [0, 0.1) is 0 Å². The summed E-state index contributed by atoms with van der Waals surface area (Å²) in [7, 11) is 3.15. The van der Waals surface area contributed by atoms with Crippen molar-refractivity contribution in [3.05, 3.63) is 59.3 Å². The maximum absolute atomic E-state index is 11.8. The van der Waals surface area contributed by atoms with Crippen LogP contribution in [0.15, 0.2) is 48.7 Å². The molecule has 2 N–H and O–H groups in total. The van der Waals surface area contributed by atoms with Gasteiger partial charge in [-0.25, -0.2) is 4.79 Å². The zero-order valence-corrected chi connectivity index (χ0v) is 13.6. The van der Waals surface area contributed by atoms with Crippen LogP contribution in [-0.2, 0) is 0 Å². The van der Waals surface area contributed by atoms with Gasteiger partial charge in [-0.3, -0.25) is 0 Å². The zero-order chi connectivity index (χ0) is 16.7. The van der Waals surface area contributed by atoms with Gasteiger partial charge in [-0.1, -0.05) is 23.7 Å². The van der Waals surface area contributed by atoms with Crippen LogP contribution >= 0.6 is 11.6 Å². The van der Waals surface area contributed by atoms with E-state index < -0.39 is 0 Å². The van der Waals surface area contributed by atoms with E-state index in [9.17, 15) is 4.79 Å². The van der Waals surface area contributed by atoms with Crippen LogP contribution in [0.4, 0.5) is 10.5 Å². The highest BCUT2D eigenvalue weighted by atomic mass is 35.5. The number of anilines is 1. The third-order valence-corrected chi connectivity index (χ3v) is 3.31. The summed E-state index contributed by atoms with van der Waals surface area (Å²) in [6, 6.07) is 12.1. The number of carbonyl (C=O) groups is 1. The highest BCUT2D eigenvalue weighted by molar-refractivity contribution is 6.32. The van der Waals surface area contributed by atoms with E-state index in [0.717, 1.165) is 11.3 Å². The van der Waals surface area contributed by atoms with Crippen molar-refractivity contribution in [2.45, 2.75) is 0 Å². The van der Waals surface area contributed by atoms with Gasteiger partial charge in [-0.15, -0.1) is 0 Å². The van der Waals surface area contributed by atoms with Gasteiger partial charge in [0.15, 0.2) is 0 Å². The molecule has 0 aliphatic rings. The summed E-state index contributed by atoms with van der Waals surface area (Å²) in [6.45, 7) is 0. The van der Waals surface area contributed by atoms with Crippen molar-refractivity contribution in [1.82, 2.24) is 5.32 Å². The fraction of sp³-hybridized carbons (Fsp3) is 0.118. The topological polar surface area (TPSA) is 59.6 Å². The van der Waals surface area contributed by atoms with Crippen molar-refractivity contribution >= 4 is 29.4 Å². The average molecular weight is 333 g/mol. The second-order valence-corrected chi connectivity index (χ2v) is 4.96. The van der Waals surface area contributed by atoms with Crippen LogP contribution in [0.2, 0.25) is 5.02 Å². The summed E-state index contributed by atoms with van der Waals surface area (Å²) in [5.74, 6) is 1.33. The number of hydrogen-bond acceptors (Lipinski definition) is 3. The standard InChI is InChI=1S/C17H17ClN2O3/c1-22-14-6-3-12(4-7-14)9-10-19-17(21)20-13-5-8-16(23-2)15(18)11-13/h3-11H,1-2H3,(H2,19,20,21)/b10-9+. The molecule has 0 heterocycles. The normalized spacial score (nSPS) is 10.4. The van der Waals surface area contributed by atoms with Gasteiger partial charge in [0.1, 0.15) is 11.5 Å². The van der Waals surface area contributed by atoms with E-state index in [0.29, 0.717) is 16.5 Å². The monoisotopic (exact) mass is 332 g/mol. The van der Waals surface area contributed by atoms with Gasteiger partial charge in [0, 0.05) is 11.9 Å². The molecule has 0 saturated carbocycles. The molecule has 120 valence electrons. The molecule has 2 amide bonds. The van der Waals surface area contributed by atoms with Crippen molar-refractivity contribution in [3.63, 3.8) is 0 Å². The molecule has 0 radical (unpaired) electrons. The Morgan fingerprint density at radius 3 is 2.43 bits per heavy atom. The number of amides is 2. The van der Waals surface area contributed by atoms with Gasteiger partial charge in [-0.2, -0.15) is 0 Å². The lowest BCUT2D eigenvalue weighted by Gasteiger charge is -2.07. The van der Waals surface area contributed by atoms with Crippen molar-refractivity contribution in [2.75, 3.05) is 19.5 Å². The molecule has 0 spiro atoms. The molecule has 0 aromatic heterocycles. The van der Waals surface area contributed by atoms with Crippen molar-refractivity contribution < 1.29 is 14.3 Å². The first-order valence-electron chi connectivity index (χ1n) is 6.84. The second kappa shape index (κ2) is 8.10. The third-order valence-electron chi connectivity index (χ3n) is 3.02. The van der Waals surface area contributed by atoms with E-state index in [-0.39, 0.29) is 6.03 Å². The molecule has 5 nitrogen and oxygen atoms in total. The number of carbonyl (C=O) groups excluding carboxylic acids is 1. The first-order valence-corrected chi connectivity index (χ1v) is 7.22. The fourth-order valence-electron chi connectivity index (χ4n) is 1.84. The Labute approximate surface area is 139 Å². The van der Waals surface area contributed by atoms with Gasteiger partial charge >= 0.3 is 6.03 Å². The highest BCUT2D eigenvalue weighted by Crippen LogP contribution is 2.27. The number of urea groups is 1. The van der Waals surface area contributed by atoms with Crippen LogP contribution in [0.5, 0.6) is 11.5 Å². The maximum Gasteiger partial charge on any atom is 0.323 e. The minimum Gasteiger partial charge on any atom is -0.497 e. The number of rotatable bonds is 5. The summed E-state index contributed by atoms with van der Waals surface area (Å²) in [5, 5.41) is 5.73. The molecule has 0 aliphatic heterocycles. The molecule has 0 aliphatic carbocycles. The van der Waals surface area contributed by atoms with Crippen molar-refractivity contribution in [1.29, 1.82) is 0 Å². The van der Waals surface area contributed by atoms with E-state index in [4.69, 9.17) is 21.1 Å². The van der Waals surface area contributed by atoms with E-state index >= 15 is 0 Å². The van der Waals surface area contributed by atoms with Crippen LogP contribution < -0.4 is 20.1 Å². The third kappa shape index (κ3) is 4.93. The molecule has 0 unspecified atom stereocenters. The van der Waals surface area contributed by atoms with Gasteiger partial charge in [0.25, 0.3) is 0 Å². The Hall–Kier alpha value is -2.66. The first-order chi connectivity index (χ1) is 11.1. The predicted octanol–water partition coefficient (Wildman–Crippen LogP) is 4.15. The number of benzene rings is 2. The predicted molar refractivity (Wildman–Crippen MR) is 92.2 cm³/mol. The summed E-state index contributed by atoms with van der Waals surface area (Å²) in [4.78, 5) is 11.8. The molecule has 23 heavy (non-hydrogen) atoms. The lowest BCUT2D eigenvalue weighted by atomic mass is 10.2. The molecule has 2 aromatic rings. The Kier molecular flexibility index (Phi) is 5.88. The SMILES string of the molecule is COc1ccc(/C=C/NC(=O)Nc2ccc(OC)c(Cl)c2)cc1. The number of halogens is 1. The Balaban J connectivity index is 1.89. The number of hydrogen-bond donors (Lipinski definition) is 2. The van der Waals surface area contributed by atoms with E-state index in [1.807, 2.05) is 24.3 Å². The molecular weight excluding hydrogens is 316 g/mol. The summed E-state index contributed by atoms with van der Waals surface area (Å²) >= 11 is 6.00. The van der Waals surface area contributed by atoms with Crippen LogP contribution in [-0.4, -0.2) is 20.3 Å². The largest absolute Gasteiger partial charge is 0.497 e. The summed E-state index contributed by atoms with van der Waals surface area (Å²) in [6.07, 6.45) is 3.34. The summed E-state index contributed by atoms with van der Waals surface area (Å²) in [5.41, 5.74) is 1.52. The lowest BCUT2D eigenvalue weighted by molar-refractivity contribution is 0.255. The Morgan fingerprint density at radius 1 is 1.09 bits per heavy atom. The first kappa shape index (κ1) is 16.7. The van der Waals surface area contributed by atoms with Gasteiger partial charge in [-0.05, 0) is 42.0 Å². The molecule has 2 aromatic carbocycles. The average Bonchev–Trinajstić information content (AvgIpc) is 2.55. The molecule has 0 fully saturated rings. The molecule has 0 atom stereocenters. The van der Waals surface area contributed by atoms with E-state index in [1.54, 1.807) is 37.6 Å². The number of methoxy groups -OCH3 is 2. The molecule has 2 rings (SSSR count). The van der Waals surface area contributed by atoms with E-state index in [2.05, 4.69) is 10.6 Å². The Bertz CT molecular complexity index is 699. The fourth-order valence-corrected chi connectivity index (χ4v) is 2.10. The number of nitrogens with one attached hydrogen (secondary N) is 2. The lowest BCUT2D eigenvalue weighted by Crippen LogP contribution is -2.23. The Morgan fingerprint density at radius 2 is 1.83 bits per heavy atom. The van der Waals surface area contributed by atoms with Crippen LogP contribution in [0.25, 0.3) is 6.08 Å². The zero-order valence-electron chi connectivity index (χ0n) is 12.8. The maximum atomic E-state index is 11.8. The minimum absolute atomic E-state index is 0.365. The smallest absolute Gasteiger partial charge is 0.323 e. The summed E-state index contributed by atoms with van der Waals surface area (Å²) < 4.78 is 10.1. The molecule has 0 saturated heterocycles. The van der Waals surface area contributed by atoms with Crippen LogP contribution in [0.1, 0.15) is 5.56 Å². The van der Waals surface area contributed by atoms with Crippen molar-refractivity contribution in [3.8, 4) is 11.5 Å².